The van der Waals surface area contributed by atoms with Crippen molar-refractivity contribution in [2.75, 3.05) is 33.8 Å². The normalized spacial score (nSPS) is 33.9. The highest BCUT2D eigenvalue weighted by atomic mass is 16.5. The molecule has 2 fully saturated rings. The first-order valence-electron chi connectivity index (χ1n) is 6.92. The van der Waals surface area contributed by atoms with Crippen LogP contribution >= 0.6 is 0 Å². The molecular formula is C13H23N3O4. The van der Waals surface area contributed by atoms with Crippen LogP contribution in [0.5, 0.6) is 0 Å². The smallest absolute Gasteiger partial charge is 0.407 e. The van der Waals surface area contributed by atoms with E-state index in [1.54, 1.807) is 0 Å². The zero-order chi connectivity index (χ0) is 14.9. The quantitative estimate of drug-likeness (QED) is 0.706. The molecule has 7 nitrogen and oxygen atoms in total. The summed E-state index contributed by atoms with van der Waals surface area (Å²) < 4.78 is 4.96. The Hall–Kier alpha value is -1.34. The Bertz CT molecular complexity index is 385. The molecule has 2 rings (SSSR count). The van der Waals surface area contributed by atoms with Gasteiger partial charge >= 0.3 is 12.1 Å². The summed E-state index contributed by atoms with van der Waals surface area (Å²) in [5, 5.41) is 9.39. The summed E-state index contributed by atoms with van der Waals surface area (Å²) in [4.78, 5) is 27.3. The third-order valence-electron chi connectivity index (χ3n) is 4.55. The molecule has 0 aliphatic carbocycles. The molecular weight excluding hydrogens is 262 g/mol. The Labute approximate surface area is 118 Å². The predicted molar refractivity (Wildman–Crippen MR) is 72.3 cm³/mol. The van der Waals surface area contributed by atoms with Crippen LogP contribution in [0.2, 0.25) is 0 Å². The average molecular weight is 285 g/mol. The van der Waals surface area contributed by atoms with E-state index in [4.69, 9.17) is 10.5 Å². The van der Waals surface area contributed by atoms with Crippen LogP contribution < -0.4 is 5.73 Å². The summed E-state index contributed by atoms with van der Waals surface area (Å²) in [6, 6.07) is -0.341. The number of hydrogen-bond acceptors (Lipinski definition) is 5. The van der Waals surface area contributed by atoms with E-state index in [-0.39, 0.29) is 18.1 Å². The molecule has 3 N–H and O–H groups in total. The second kappa shape index (κ2) is 5.57. The van der Waals surface area contributed by atoms with E-state index in [0.29, 0.717) is 38.9 Å². The van der Waals surface area contributed by atoms with Gasteiger partial charge in [0.2, 0.25) is 0 Å². The first kappa shape index (κ1) is 15.1. The fourth-order valence-electron chi connectivity index (χ4n) is 3.86. The molecule has 1 amide bonds. The maximum absolute atomic E-state index is 12.2. The average Bonchev–Trinajstić information content (AvgIpc) is 2.35. The van der Waals surface area contributed by atoms with E-state index in [2.05, 4.69) is 4.90 Å². The van der Waals surface area contributed by atoms with Gasteiger partial charge in [0, 0.05) is 25.2 Å². The van der Waals surface area contributed by atoms with Crippen LogP contribution in [0.15, 0.2) is 0 Å². The van der Waals surface area contributed by atoms with Crippen molar-refractivity contribution in [1.29, 1.82) is 0 Å². The lowest BCUT2D eigenvalue weighted by Gasteiger charge is -2.53. The molecule has 20 heavy (non-hydrogen) atoms. The van der Waals surface area contributed by atoms with E-state index in [1.807, 2.05) is 7.05 Å². The second-order valence-electron chi connectivity index (χ2n) is 5.94. The minimum absolute atomic E-state index is 0.171. The van der Waals surface area contributed by atoms with E-state index in [1.165, 1.54) is 12.0 Å². The number of esters is 1. The van der Waals surface area contributed by atoms with Gasteiger partial charge in [0.15, 0.2) is 0 Å². The number of piperazine rings is 1. The van der Waals surface area contributed by atoms with Gasteiger partial charge in [-0.3, -0.25) is 9.69 Å². The molecule has 2 atom stereocenters. The van der Waals surface area contributed by atoms with Gasteiger partial charge in [-0.1, -0.05) is 0 Å². The van der Waals surface area contributed by atoms with Gasteiger partial charge in [-0.2, -0.15) is 0 Å². The number of carboxylic acid groups (broad SMARTS) is 1. The minimum Gasteiger partial charge on any atom is -0.469 e. The highest BCUT2D eigenvalue weighted by Gasteiger charge is 2.53. The van der Waals surface area contributed by atoms with Crippen LogP contribution in [0.4, 0.5) is 4.79 Å². The topological polar surface area (TPSA) is 96.1 Å². The molecule has 2 bridgehead atoms. The van der Waals surface area contributed by atoms with Crippen LogP contribution in [0, 0.1) is 5.41 Å². The molecule has 0 radical (unpaired) electrons. The van der Waals surface area contributed by atoms with Gasteiger partial charge in [0.05, 0.1) is 12.5 Å². The SMILES string of the molecule is COC(=O)C1(CCN)CC2CN(C)CC(C1)N2C(=O)O. The summed E-state index contributed by atoms with van der Waals surface area (Å²) in [5.74, 6) is -0.257. The van der Waals surface area contributed by atoms with Crippen LogP contribution in [-0.4, -0.2) is 72.8 Å². The molecule has 114 valence electrons. The summed E-state index contributed by atoms with van der Waals surface area (Å²) >= 11 is 0. The Kier molecular flexibility index (Phi) is 4.19. The molecule has 2 saturated heterocycles. The van der Waals surface area contributed by atoms with Crippen molar-refractivity contribution in [3.63, 3.8) is 0 Å². The summed E-state index contributed by atoms with van der Waals surface area (Å²) in [7, 11) is 3.36. The number of likely N-dealkylation sites (tertiary alicyclic amines) is 1. The minimum atomic E-state index is -0.903. The largest absolute Gasteiger partial charge is 0.469 e. The number of rotatable bonds is 3. The number of carbonyl (C=O) groups excluding carboxylic acids is 1. The van der Waals surface area contributed by atoms with Crippen molar-refractivity contribution in [1.82, 2.24) is 9.80 Å². The Morgan fingerprint density at radius 3 is 2.30 bits per heavy atom. The van der Waals surface area contributed by atoms with Gasteiger partial charge in [-0.25, -0.2) is 4.79 Å². The number of ether oxygens (including phenoxy) is 1. The lowest BCUT2D eigenvalue weighted by atomic mass is 9.69. The van der Waals surface area contributed by atoms with Crippen LogP contribution in [0.3, 0.4) is 0 Å². The van der Waals surface area contributed by atoms with Crippen molar-refractivity contribution in [3.05, 3.63) is 0 Å². The summed E-state index contributed by atoms with van der Waals surface area (Å²) in [6.07, 6.45) is 0.622. The maximum atomic E-state index is 12.2. The number of amides is 1. The van der Waals surface area contributed by atoms with Gasteiger partial charge < -0.3 is 20.5 Å². The van der Waals surface area contributed by atoms with Crippen molar-refractivity contribution in [2.45, 2.75) is 31.3 Å². The molecule has 7 heteroatoms. The fraction of sp³-hybridized carbons (Fsp3) is 0.846. The number of piperidine rings is 1. The molecule has 0 aromatic rings. The molecule has 0 saturated carbocycles. The van der Waals surface area contributed by atoms with Crippen LogP contribution in [-0.2, 0) is 9.53 Å². The van der Waals surface area contributed by atoms with Crippen molar-refractivity contribution in [2.24, 2.45) is 11.1 Å². The molecule has 0 spiro atoms. The summed E-state index contributed by atoms with van der Waals surface area (Å²) in [6.45, 7) is 1.69. The fourth-order valence-corrected chi connectivity index (χ4v) is 3.86. The predicted octanol–water partition coefficient (Wildman–Crippen LogP) is -0.0490. The third-order valence-corrected chi connectivity index (χ3v) is 4.55. The number of methoxy groups -OCH3 is 1. The molecule has 2 aliphatic heterocycles. The van der Waals surface area contributed by atoms with E-state index >= 15 is 0 Å². The molecule has 2 heterocycles. The van der Waals surface area contributed by atoms with Crippen molar-refractivity contribution >= 4 is 12.1 Å². The Balaban J connectivity index is 2.29. The molecule has 2 aliphatic rings. The lowest BCUT2D eigenvalue weighted by Crippen LogP contribution is -2.66. The first-order chi connectivity index (χ1) is 9.43. The Morgan fingerprint density at radius 1 is 1.35 bits per heavy atom. The monoisotopic (exact) mass is 285 g/mol. The van der Waals surface area contributed by atoms with Gasteiger partial charge in [-0.15, -0.1) is 0 Å². The van der Waals surface area contributed by atoms with Crippen molar-refractivity contribution in [3.8, 4) is 0 Å². The number of nitrogens with zero attached hydrogens (tertiary/aromatic N) is 2. The zero-order valence-electron chi connectivity index (χ0n) is 12.0. The lowest BCUT2D eigenvalue weighted by molar-refractivity contribution is -0.162. The summed E-state index contributed by atoms with van der Waals surface area (Å²) in [5.41, 5.74) is 5.03. The molecule has 0 aromatic carbocycles. The third kappa shape index (κ3) is 2.47. The molecule has 0 aromatic heterocycles. The van der Waals surface area contributed by atoms with E-state index in [0.717, 1.165) is 0 Å². The van der Waals surface area contributed by atoms with Crippen LogP contribution in [0.25, 0.3) is 0 Å². The maximum Gasteiger partial charge on any atom is 0.407 e. The van der Waals surface area contributed by atoms with E-state index < -0.39 is 11.5 Å². The van der Waals surface area contributed by atoms with E-state index in [9.17, 15) is 14.7 Å². The highest BCUT2D eigenvalue weighted by molar-refractivity contribution is 5.78. The second-order valence-corrected chi connectivity index (χ2v) is 5.94. The zero-order valence-corrected chi connectivity index (χ0v) is 12.0. The van der Waals surface area contributed by atoms with Crippen molar-refractivity contribution < 1.29 is 19.4 Å². The number of fused-ring (bicyclic) bond motifs is 2. The van der Waals surface area contributed by atoms with Gasteiger partial charge in [-0.05, 0) is 32.9 Å². The number of nitrogens with two attached hydrogens (primary N) is 1. The number of carbonyl (C=O) groups is 2. The number of hydrogen-bond donors (Lipinski definition) is 2. The standard InChI is InChI=1S/C13H23N3O4/c1-15-7-9-5-13(3-4-14,11(17)20-2)6-10(8-15)16(9)12(18)19/h9-10H,3-8,14H2,1-2H3,(H,18,19). The highest BCUT2D eigenvalue weighted by Crippen LogP contribution is 2.43. The first-order valence-corrected chi connectivity index (χ1v) is 6.92. The van der Waals surface area contributed by atoms with Crippen LogP contribution in [0.1, 0.15) is 19.3 Å². The van der Waals surface area contributed by atoms with Gasteiger partial charge in [0.1, 0.15) is 0 Å². The number of likely N-dealkylation sites (N-methyl/N-ethyl adjacent to an activating group) is 1. The Morgan fingerprint density at radius 2 is 1.90 bits per heavy atom. The van der Waals surface area contributed by atoms with Gasteiger partial charge in [0.25, 0.3) is 0 Å². The molecule has 2 unspecified atom stereocenters.